The third-order valence-corrected chi connectivity index (χ3v) is 4.38. The van der Waals surface area contributed by atoms with Crippen molar-refractivity contribution in [2.75, 3.05) is 5.73 Å². The summed E-state index contributed by atoms with van der Waals surface area (Å²) >= 11 is 3.53. The van der Waals surface area contributed by atoms with Gasteiger partial charge in [0, 0.05) is 23.9 Å². The SMILES string of the molecule is Nc1nc(-c2cccnc2)nc(C2CCCC2)c1Br. The van der Waals surface area contributed by atoms with Crippen molar-refractivity contribution in [2.45, 2.75) is 31.6 Å². The van der Waals surface area contributed by atoms with E-state index in [1.807, 2.05) is 12.1 Å². The second kappa shape index (κ2) is 5.25. The second-order valence-electron chi connectivity index (χ2n) is 4.85. The smallest absolute Gasteiger partial charge is 0.163 e. The third kappa shape index (κ3) is 2.47. The van der Waals surface area contributed by atoms with Crippen LogP contribution in [0.4, 0.5) is 5.82 Å². The van der Waals surface area contributed by atoms with Gasteiger partial charge in [-0.15, -0.1) is 0 Å². The number of anilines is 1. The monoisotopic (exact) mass is 318 g/mol. The first-order chi connectivity index (χ1) is 9.25. The van der Waals surface area contributed by atoms with Gasteiger partial charge in [0.1, 0.15) is 5.82 Å². The maximum Gasteiger partial charge on any atom is 0.163 e. The van der Waals surface area contributed by atoms with E-state index in [0.29, 0.717) is 17.6 Å². The maximum absolute atomic E-state index is 6.01. The molecule has 2 aromatic rings. The summed E-state index contributed by atoms with van der Waals surface area (Å²) in [5, 5.41) is 0. The molecule has 0 radical (unpaired) electrons. The normalized spacial score (nSPS) is 15.8. The first-order valence-corrected chi connectivity index (χ1v) is 7.28. The summed E-state index contributed by atoms with van der Waals surface area (Å²) in [6, 6.07) is 3.83. The van der Waals surface area contributed by atoms with Gasteiger partial charge in [0.25, 0.3) is 0 Å². The Hall–Kier alpha value is -1.49. The molecule has 1 saturated carbocycles. The molecule has 2 heterocycles. The van der Waals surface area contributed by atoms with Crippen LogP contribution in [0, 0.1) is 0 Å². The minimum atomic E-state index is 0.495. The number of rotatable bonds is 2. The van der Waals surface area contributed by atoms with Crippen LogP contribution >= 0.6 is 15.9 Å². The van der Waals surface area contributed by atoms with Crippen LogP contribution in [-0.2, 0) is 0 Å². The molecule has 5 heteroatoms. The Morgan fingerprint density at radius 1 is 1.21 bits per heavy atom. The van der Waals surface area contributed by atoms with E-state index in [-0.39, 0.29) is 0 Å². The minimum Gasteiger partial charge on any atom is -0.383 e. The molecule has 19 heavy (non-hydrogen) atoms. The highest BCUT2D eigenvalue weighted by atomic mass is 79.9. The molecule has 0 aliphatic heterocycles. The van der Waals surface area contributed by atoms with E-state index in [9.17, 15) is 0 Å². The average molecular weight is 319 g/mol. The van der Waals surface area contributed by atoms with Crippen LogP contribution in [0.1, 0.15) is 37.3 Å². The number of nitrogen functional groups attached to an aromatic ring is 1. The summed E-state index contributed by atoms with van der Waals surface area (Å²) in [5.41, 5.74) is 7.96. The van der Waals surface area contributed by atoms with Crippen molar-refractivity contribution < 1.29 is 0 Å². The summed E-state index contributed by atoms with van der Waals surface area (Å²) in [4.78, 5) is 13.2. The first-order valence-electron chi connectivity index (χ1n) is 6.49. The lowest BCUT2D eigenvalue weighted by Crippen LogP contribution is -2.06. The Morgan fingerprint density at radius 2 is 2.00 bits per heavy atom. The third-order valence-electron chi connectivity index (χ3n) is 3.56. The Morgan fingerprint density at radius 3 is 2.68 bits per heavy atom. The summed E-state index contributed by atoms with van der Waals surface area (Å²) in [6.07, 6.45) is 8.40. The highest BCUT2D eigenvalue weighted by Crippen LogP contribution is 2.38. The lowest BCUT2D eigenvalue weighted by Gasteiger charge is -2.13. The predicted molar refractivity (Wildman–Crippen MR) is 78.6 cm³/mol. The Bertz CT molecular complexity index is 579. The summed E-state index contributed by atoms with van der Waals surface area (Å²) in [6.45, 7) is 0. The average Bonchev–Trinajstić information content (AvgIpc) is 2.96. The quantitative estimate of drug-likeness (QED) is 0.919. The van der Waals surface area contributed by atoms with Crippen LogP contribution in [0.2, 0.25) is 0 Å². The van der Waals surface area contributed by atoms with Crippen molar-refractivity contribution >= 4 is 21.7 Å². The molecule has 1 aliphatic carbocycles. The highest BCUT2D eigenvalue weighted by Gasteiger charge is 2.23. The maximum atomic E-state index is 6.01. The van der Waals surface area contributed by atoms with Gasteiger partial charge in [0.05, 0.1) is 10.2 Å². The number of nitrogens with zero attached hydrogens (tertiary/aromatic N) is 3. The Labute approximate surface area is 120 Å². The van der Waals surface area contributed by atoms with E-state index in [1.54, 1.807) is 12.4 Å². The summed E-state index contributed by atoms with van der Waals surface area (Å²) < 4.78 is 0.854. The molecule has 0 atom stereocenters. The minimum absolute atomic E-state index is 0.495. The number of hydrogen-bond acceptors (Lipinski definition) is 4. The number of halogens is 1. The molecular weight excluding hydrogens is 304 g/mol. The highest BCUT2D eigenvalue weighted by molar-refractivity contribution is 9.10. The van der Waals surface area contributed by atoms with E-state index in [4.69, 9.17) is 10.7 Å². The van der Waals surface area contributed by atoms with E-state index >= 15 is 0 Å². The van der Waals surface area contributed by atoms with Crippen LogP contribution in [0.5, 0.6) is 0 Å². The fraction of sp³-hybridized carbons (Fsp3) is 0.357. The van der Waals surface area contributed by atoms with Gasteiger partial charge in [-0.2, -0.15) is 0 Å². The Balaban J connectivity index is 2.07. The van der Waals surface area contributed by atoms with Crippen LogP contribution in [0.15, 0.2) is 29.0 Å². The van der Waals surface area contributed by atoms with Crippen LogP contribution in [0.3, 0.4) is 0 Å². The van der Waals surface area contributed by atoms with Crippen molar-refractivity contribution in [3.63, 3.8) is 0 Å². The number of aromatic nitrogens is 3. The summed E-state index contributed by atoms with van der Waals surface area (Å²) in [5.74, 6) is 1.67. The number of hydrogen-bond donors (Lipinski definition) is 1. The molecule has 0 amide bonds. The van der Waals surface area contributed by atoms with Gasteiger partial charge in [0.15, 0.2) is 5.82 Å². The van der Waals surface area contributed by atoms with E-state index in [1.165, 1.54) is 25.7 Å². The van der Waals surface area contributed by atoms with Gasteiger partial charge in [-0.3, -0.25) is 4.98 Å². The molecule has 1 aliphatic rings. The second-order valence-corrected chi connectivity index (χ2v) is 5.65. The molecule has 0 bridgehead atoms. The van der Waals surface area contributed by atoms with Crippen molar-refractivity contribution in [1.29, 1.82) is 0 Å². The van der Waals surface area contributed by atoms with Crippen LogP contribution in [0.25, 0.3) is 11.4 Å². The molecule has 3 rings (SSSR count). The molecule has 2 N–H and O–H groups in total. The lowest BCUT2D eigenvalue weighted by atomic mass is 10.0. The van der Waals surface area contributed by atoms with Crippen LogP contribution < -0.4 is 5.73 Å². The zero-order valence-corrected chi connectivity index (χ0v) is 12.1. The largest absolute Gasteiger partial charge is 0.383 e. The van der Waals surface area contributed by atoms with Gasteiger partial charge >= 0.3 is 0 Å². The number of nitrogens with two attached hydrogens (primary N) is 1. The summed E-state index contributed by atoms with van der Waals surface area (Å²) in [7, 11) is 0. The molecule has 98 valence electrons. The van der Waals surface area contributed by atoms with Crippen LogP contribution in [-0.4, -0.2) is 15.0 Å². The van der Waals surface area contributed by atoms with Crippen molar-refractivity contribution in [3.05, 3.63) is 34.7 Å². The molecular formula is C14H15BrN4. The first kappa shape index (κ1) is 12.5. The van der Waals surface area contributed by atoms with E-state index < -0.39 is 0 Å². The molecule has 0 unspecified atom stereocenters. The zero-order chi connectivity index (χ0) is 13.2. The predicted octanol–water partition coefficient (Wildman–Crippen LogP) is 3.54. The van der Waals surface area contributed by atoms with Gasteiger partial charge in [-0.25, -0.2) is 9.97 Å². The van der Waals surface area contributed by atoms with Crippen molar-refractivity contribution in [1.82, 2.24) is 15.0 Å². The van der Waals surface area contributed by atoms with Gasteiger partial charge in [-0.1, -0.05) is 12.8 Å². The number of pyridine rings is 1. The lowest BCUT2D eigenvalue weighted by molar-refractivity contribution is 0.691. The van der Waals surface area contributed by atoms with E-state index in [0.717, 1.165) is 15.7 Å². The van der Waals surface area contributed by atoms with Crippen molar-refractivity contribution in [2.24, 2.45) is 0 Å². The van der Waals surface area contributed by atoms with Gasteiger partial charge < -0.3 is 5.73 Å². The van der Waals surface area contributed by atoms with Crippen molar-refractivity contribution in [3.8, 4) is 11.4 Å². The van der Waals surface area contributed by atoms with Gasteiger partial charge in [-0.05, 0) is 40.9 Å². The molecule has 2 aromatic heterocycles. The zero-order valence-electron chi connectivity index (χ0n) is 10.5. The fourth-order valence-electron chi connectivity index (χ4n) is 2.58. The van der Waals surface area contributed by atoms with E-state index in [2.05, 4.69) is 25.9 Å². The topological polar surface area (TPSA) is 64.7 Å². The standard InChI is InChI=1S/C14H15BrN4/c15-11-12(9-4-1-2-5-9)18-14(19-13(11)16)10-6-3-7-17-8-10/h3,6-9H,1-2,4-5H2,(H2,16,18,19). The fourth-order valence-corrected chi connectivity index (χ4v) is 3.08. The Kier molecular flexibility index (Phi) is 3.46. The molecule has 4 nitrogen and oxygen atoms in total. The molecule has 0 aromatic carbocycles. The van der Waals surface area contributed by atoms with Gasteiger partial charge in [0.2, 0.25) is 0 Å². The molecule has 1 fully saturated rings. The molecule has 0 spiro atoms. The molecule has 0 saturated heterocycles.